The number of hydrogen-bond donors (Lipinski definition) is 0. The summed E-state index contributed by atoms with van der Waals surface area (Å²) in [5.74, 6) is 4.84. The monoisotopic (exact) mass is 1740 g/mol. The predicted octanol–water partition coefficient (Wildman–Crippen LogP) is 32.9. The summed E-state index contributed by atoms with van der Waals surface area (Å²) in [4.78, 5) is 33.0. The summed E-state index contributed by atoms with van der Waals surface area (Å²) in [6.07, 6.45) is 0. The van der Waals surface area contributed by atoms with E-state index >= 15 is 0 Å². The first kappa shape index (κ1) is 74.2. The zero-order valence-electron chi connectivity index (χ0n) is 70.4. The van der Waals surface area contributed by atoms with Gasteiger partial charge in [0.25, 0.3) is 0 Å². The Morgan fingerprint density at radius 2 is 0.588 bits per heavy atom. The van der Waals surface area contributed by atoms with Crippen LogP contribution in [0.3, 0.4) is 0 Å². The Hall–Kier alpha value is -15.9. The molecule has 0 aliphatic heterocycles. The van der Waals surface area contributed by atoms with Gasteiger partial charge in [-0.25, -0.2) is 24.9 Å². The first-order chi connectivity index (χ1) is 64.7. The molecule has 1 aliphatic rings. The molecule has 11 heterocycles. The molecule has 0 atom stereocenters. The lowest BCUT2D eigenvalue weighted by Crippen LogP contribution is -2.18. The van der Waals surface area contributed by atoms with Crippen molar-refractivity contribution in [3.63, 3.8) is 0 Å². The van der Waals surface area contributed by atoms with E-state index in [4.69, 9.17) is 34.3 Å². The molecule has 612 valence electrons. The molecule has 0 unspecified atom stereocenters. The Kier molecular flexibility index (Phi) is 16.2. The fraction of sp³-hybridized carbons (Fsp3) is 0.0256. The Bertz CT molecular complexity index is 9610. The Balaban J connectivity index is 0.0000000986. The number of nitrogens with zero attached hydrogens (tertiary/aromatic N) is 9. The van der Waals surface area contributed by atoms with Crippen LogP contribution in [0.2, 0.25) is 0 Å². The van der Waals surface area contributed by atoms with Gasteiger partial charge in [0.1, 0.15) is 16.2 Å². The van der Waals surface area contributed by atoms with E-state index < -0.39 is 0 Å². The van der Waals surface area contributed by atoms with E-state index in [0.29, 0.717) is 11.5 Å². The average Bonchev–Trinajstić information content (AvgIpc) is 1.55. The minimum Gasteiger partial charge on any atom is -0.437 e. The smallest absolute Gasteiger partial charge is 0.233 e. The van der Waals surface area contributed by atoms with Gasteiger partial charge < -0.3 is 4.42 Å². The zero-order chi connectivity index (χ0) is 86.0. The van der Waals surface area contributed by atoms with Crippen molar-refractivity contribution in [3.05, 3.63) is 393 Å². The summed E-state index contributed by atoms with van der Waals surface area (Å²) < 4.78 is 22.3. The molecule has 29 aromatic rings. The van der Waals surface area contributed by atoms with E-state index in [-0.39, 0.29) is 5.41 Å². The molecule has 0 bridgehead atoms. The number of thiophene rings is 4. The second kappa shape index (κ2) is 28.5. The van der Waals surface area contributed by atoms with Crippen LogP contribution < -0.4 is 0 Å². The van der Waals surface area contributed by atoms with Gasteiger partial charge in [-0.15, -0.1) is 45.3 Å². The minimum atomic E-state index is -0.272. The highest BCUT2D eigenvalue weighted by Crippen LogP contribution is 2.53. The van der Waals surface area contributed by atoms with Crippen molar-refractivity contribution in [2.75, 3.05) is 0 Å². The first-order valence-corrected chi connectivity index (χ1v) is 47.4. The molecule has 0 saturated heterocycles. The second-order valence-electron chi connectivity index (χ2n) is 34.7. The molecule has 0 spiro atoms. The molecule has 0 amide bonds. The lowest BCUT2D eigenvalue weighted by molar-refractivity contribution is 0.635. The molecule has 0 N–H and O–H groups in total. The molecular weight excluding hydrogens is 1680 g/mol. The van der Waals surface area contributed by atoms with Crippen LogP contribution in [-0.2, 0) is 5.41 Å². The number of hydrogen-bond acceptors (Lipinski definition) is 11. The van der Waals surface area contributed by atoms with Gasteiger partial charge in [0.05, 0.1) is 49.6 Å². The summed E-state index contributed by atoms with van der Waals surface area (Å²) in [5, 5.41) is 26.5. The van der Waals surface area contributed by atoms with E-state index in [0.717, 1.165) is 117 Å². The topological polar surface area (TPSA) is 105 Å². The summed E-state index contributed by atoms with van der Waals surface area (Å²) in [5.41, 5.74) is 15.7. The van der Waals surface area contributed by atoms with Crippen molar-refractivity contribution in [3.8, 4) is 62.7 Å². The Morgan fingerprint density at radius 1 is 0.244 bits per heavy atom. The van der Waals surface area contributed by atoms with Crippen molar-refractivity contribution < 1.29 is 4.42 Å². The fourth-order valence-corrected chi connectivity index (χ4v) is 25.4. The summed E-state index contributed by atoms with van der Waals surface area (Å²) >= 11 is 7.20. The Labute approximate surface area is 763 Å². The van der Waals surface area contributed by atoms with Crippen molar-refractivity contribution in [2.45, 2.75) is 19.3 Å². The van der Waals surface area contributed by atoms with Gasteiger partial charge in [-0.1, -0.05) is 293 Å². The van der Waals surface area contributed by atoms with Gasteiger partial charge in [0.2, 0.25) is 5.71 Å². The highest BCUT2D eigenvalue weighted by molar-refractivity contribution is 7.27. The molecule has 0 fully saturated rings. The van der Waals surface area contributed by atoms with Gasteiger partial charge in [-0.2, -0.15) is 4.98 Å². The molecule has 131 heavy (non-hydrogen) atoms. The number of aromatic nitrogens is 9. The van der Waals surface area contributed by atoms with E-state index in [1.807, 2.05) is 40.9 Å². The lowest BCUT2D eigenvalue weighted by atomic mass is 9.85. The van der Waals surface area contributed by atoms with Gasteiger partial charge in [-0.05, 0) is 147 Å². The molecule has 18 aromatic carbocycles. The molecule has 1 aliphatic carbocycles. The van der Waals surface area contributed by atoms with Crippen LogP contribution in [0.5, 0.6) is 0 Å². The third kappa shape index (κ3) is 11.4. The maximum atomic E-state index is 6.42. The van der Waals surface area contributed by atoms with E-state index in [1.54, 1.807) is 22.7 Å². The molecule has 30 rings (SSSR count). The van der Waals surface area contributed by atoms with Gasteiger partial charge in [0.15, 0.2) is 29.1 Å². The summed E-state index contributed by atoms with van der Waals surface area (Å²) in [6, 6.07) is 137. The quantitative estimate of drug-likeness (QED) is 0.163. The summed E-state index contributed by atoms with van der Waals surface area (Å²) in [6.45, 7) is 4.60. The lowest BCUT2D eigenvalue weighted by Gasteiger charge is -2.21. The minimum absolute atomic E-state index is 0.272. The molecular formula is C117H69N9OS4. The predicted molar refractivity (Wildman–Crippen MR) is 554 cm³/mol. The zero-order valence-corrected chi connectivity index (χ0v) is 73.7. The summed E-state index contributed by atoms with van der Waals surface area (Å²) in [7, 11) is 0. The third-order valence-corrected chi connectivity index (χ3v) is 31.4. The van der Waals surface area contributed by atoms with Gasteiger partial charge in [0, 0.05) is 136 Å². The number of rotatable bonds is 6. The van der Waals surface area contributed by atoms with Crippen LogP contribution in [0, 0.1) is 0 Å². The number of para-hydroxylation sites is 4. The standard InChI is InChI=1S/C41H27N3S.C38H21N3OS.C38H21N3S2/c1-41(2)32-16-8-5-15-30(32)37-38(41)42-39(26-19-20-29-28-14-7-10-18-35(28)45-36(29)23-26)43-40(37)44-33-17-9-6-13-27(33)31-21-24-11-3-4-12-25(24)22-34(31)44;1-2-10-23-20-31-29(19-22(23)9-1)25-11-3-6-14-30(25)41(31)37-35-28-13-4-7-15-32(28)42-38(35)40-36(39-37)24-17-18-27-26-12-5-8-16-33(26)43-34(27)21-24;1-2-10-23-20-31-29(19-22(23)9-1)25-11-3-6-14-30(25)41(31)37-35-28-13-5-8-16-33(28)43-38(35)40-36(39-37)24-17-18-27-26-12-4-7-15-32(26)42-34(27)21-24/h3-23H,1-2H3;2*1-21H. The van der Waals surface area contributed by atoms with Crippen molar-refractivity contribution in [1.29, 1.82) is 0 Å². The van der Waals surface area contributed by atoms with Crippen molar-refractivity contribution in [1.82, 2.24) is 43.6 Å². The van der Waals surface area contributed by atoms with Crippen LogP contribution in [-0.4, -0.2) is 43.6 Å². The number of fused-ring (bicyclic) bond motifs is 30. The SMILES string of the molecule is CC1(C)c2ccccc2-c2c(-n3c4ccccc4c4cc5ccccc5cc43)nc(-c3ccc4c(c3)sc3ccccc34)nc21.c1ccc2cc3c(cc2c1)c1ccccc1n3-c1nc(-c2ccc3c(c2)sc2ccccc23)nc2oc3ccccc3c12.c1ccc2cc3c(cc2c1)c1ccccc1n3-c1nc(-c2ccc3c(c2)sc2ccccc23)nc2sc3ccccc3c12. The Morgan fingerprint density at radius 3 is 1.06 bits per heavy atom. The van der Waals surface area contributed by atoms with Gasteiger partial charge >= 0.3 is 0 Å². The van der Waals surface area contributed by atoms with Crippen LogP contribution >= 0.6 is 45.3 Å². The third-order valence-electron chi connectivity index (χ3n) is 27.0. The fourth-order valence-electron chi connectivity index (χ4n) is 20.9. The van der Waals surface area contributed by atoms with Gasteiger partial charge in [-0.3, -0.25) is 13.7 Å². The highest BCUT2D eigenvalue weighted by Gasteiger charge is 2.41. The first-order valence-electron chi connectivity index (χ1n) is 44.1. The average molecular weight is 1750 g/mol. The normalized spacial score (nSPS) is 12.7. The molecule has 14 heteroatoms. The van der Waals surface area contributed by atoms with E-state index in [2.05, 4.69) is 392 Å². The van der Waals surface area contributed by atoms with Crippen molar-refractivity contribution in [2.24, 2.45) is 0 Å². The highest BCUT2D eigenvalue weighted by atomic mass is 32.1. The molecule has 10 nitrogen and oxygen atoms in total. The maximum Gasteiger partial charge on any atom is 0.233 e. The number of benzene rings is 18. The second-order valence-corrected chi connectivity index (χ2v) is 39.0. The van der Waals surface area contributed by atoms with E-state index in [1.165, 1.54) is 146 Å². The van der Waals surface area contributed by atoms with Crippen LogP contribution in [0.15, 0.2) is 387 Å². The van der Waals surface area contributed by atoms with Crippen LogP contribution in [0.4, 0.5) is 0 Å². The molecule has 11 aromatic heterocycles. The maximum absolute atomic E-state index is 6.42. The molecule has 0 radical (unpaired) electrons. The van der Waals surface area contributed by atoms with Crippen LogP contribution in [0.25, 0.3) is 263 Å². The number of furan rings is 1. The van der Waals surface area contributed by atoms with Crippen molar-refractivity contribution >= 4 is 246 Å². The van der Waals surface area contributed by atoms with Crippen LogP contribution in [0.1, 0.15) is 25.1 Å². The molecule has 0 saturated carbocycles. The van der Waals surface area contributed by atoms with E-state index in [9.17, 15) is 0 Å². The largest absolute Gasteiger partial charge is 0.437 e.